The van der Waals surface area contributed by atoms with Gasteiger partial charge in [0.05, 0.1) is 18.9 Å². The van der Waals surface area contributed by atoms with Crippen molar-refractivity contribution in [3.05, 3.63) is 0 Å². The maximum atomic E-state index is 12.0. The first-order valence-electron chi connectivity index (χ1n) is 4.96. The Morgan fingerprint density at radius 1 is 1.31 bits per heavy atom. The van der Waals surface area contributed by atoms with Crippen molar-refractivity contribution in [1.29, 1.82) is 5.41 Å². The Labute approximate surface area is 93.1 Å². The van der Waals surface area contributed by atoms with Crippen LogP contribution in [0.4, 0.5) is 13.2 Å². The van der Waals surface area contributed by atoms with Gasteiger partial charge < -0.3 is 15.4 Å². The van der Waals surface area contributed by atoms with Crippen LogP contribution in [0.2, 0.25) is 0 Å². The van der Waals surface area contributed by atoms with Crippen molar-refractivity contribution in [1.82, 2.24) is 4.90 Å². The minimum absolute atomic E-state index is 0.0191. The number of hydrogen-bond acceptors (Lipinski definition) is 3. The average molecular weight is 241 g/mol. The van der Waals surface area contributed by atoms with Gasteiger partial charge in [-0.1, -0.05) is 0 Å². The Morgan fingerprint density at radius 2 is 1.94 bits per heavy atom. The third kappa shape index (κ3) is 9.72. The van der Waals surface area contributed by atoms with Crippen LogP contribution < -0.4 is 5.73 Å². The van der Waals surface area contributed by atoms with Crippen molar-refractivity contribution < 1.29 is 17.9 Å². The monoisotopic (exact) mass is 241 g/mol. The van der Waals surface area contributed by atoms with Crippen molar-refractivity contribution >= 4 is 5.84 Å². The summed E-state index contributed by atoms with van der Waals surface area (Å²) in [7, 11) is 1.49. The Bertz CT molecular complexity index is 209. The van der Waals surface area contributed by atoms with E-state index in [0.717, 1.165) is 0 Å². The van der Waals surface area contributed by atoms with Gasteiger partial charge in [-0.25, -0.2) is 0 Å². The number of nitrogens with two attached hydrogens (primary N) is 1. The molecule has 0 amide bonds. The first kappa shape index (κ1) is 15.2. The summed E-state index contributed by atoms with van der Waals surface area (Å²) in [6.07, 6.45) is -4.72. The molecular weight excluding hydrogens is 223 g/mol. The van der Waals surface area contributed by atoms with Gasteiger partial charge in [0.15, 0.2) is 0 Å². The molecule has 0 aliphatic heterocycles. The van der Waals surface area contributed by atoms with Crippen molar-refractivity contribution in [2.24, 2.45) is 5.73 Å². The summed E-state index contributed by atoms with van der Waals surface area (Å²) < 4.78 is 40.8. The van der Waals surface area contributed by atoms with Gasteiger partial charge in [0, 0.05) is 33.2 Å². The fourth-order valence-corrected chi connectivity index (χ4v) is 1.12. The summed E-state index contributed by atoms with van der Waals surface area (Å²) in [5.74, 6) is -0.0191. The highest BCUT2D eigenvalue weighted by Gasteiger charge is 2.27. The molecule has 0 spiro atoms. The van der Waals surface area contributed by atoms with E-state index < -0.39 is 12.6 Å². The molecule has 7 heteroatoms. The molecule has 0 aromatic carbocycles. The van der Waals surface area contributed by atoms with Gasteiger partial charge in [-0.3, -0.25) is 5.41 Å². The largest absolute Gasteiger partial charge is 0.390 e. The van der Waals surface area contributed by atoms with Gasteiger partial charge in [0.1, 0.15) is 0 Å². The molecule has 0 saturated heterocycles. The molecule has 0 unspecified atom stereocenters. The van der Waals surface area contributed by atoms with Crippen LogP contribution in [-0.4, -0.2) is 50.3 Å². The Kier molecular flexibility index (Phi) is 7.07. The molecule has 3 N–H and O–H groups in total. The Hall–Kier alpha value is -0.820. The van der Waals surface area contributed by atoms with Crippen LogP contribution in [0.5, 0.6) is 0 Å². The lowest BCUT2D eigenvalue weighted by Gasteiger charge is -2.22. The third-order valence-electron chi connectivity index (χ3n) is 2.02. The highest BCUT2D eigenvalue weighted by atomic mass is 19.4. The van der Waals surface area contributed by atoms with Gasteiger partial charge in [-0.15, -0.1) is 0 Å². The lowest BCUT2D eigenvalue weighted by atomic mass is 10.3. The number of hydrogen-bond donors (Lipinski definition) is 2. The molecule has 0 heterocycles. The predicted octanol–water partition coefficient (Wildman–Crippen LogP) is 1.21. The molecular formula is C9H18F3N3O. The van der Waals surface area contributed by atoms with E-state index in [9.17, 15) is 13.2 Å². The number of methoxy groups -OCH3 is 1. The van der Waals surface area contributed by atoms with Crippen LogP contribution in [0.3, 0.4) is 0 Å². The summed E-state index contributed by atoms with van der Waals surface area (Å²) in [5, 5.41) is 7.02. The topological polar surface area (TPSA) is 62.3 Å². The standard InChI is InChI=1S/C9H18F3N3O/c1-16-7-6-15(4-2-8(13)14)5-3-9(10,11)12/h2-7H2,1H3,(H3,13,14). The van der Waals surface area contributed by atoms with E-state index in [1.165, 1.54) is 7.11 Å². The van der Waals surface area contributed by atoms with Crippen LogP contribution in [0.15, 0.2) is 0 Å². The normalized spacial score (nSPS) is 12.1. The second kappa shape index (κ2) is 7.45. The summed E-state index contributed by atoms with van der Waals surface area (Å²) in [5.41, 5.74) is 5.15. The number of amidine groups is 1. The van der Waals surface area contributed by atoms with Crippen LogP contribution in [0.25, 0.3) is 0 Å². The van der Waals surface area contributed by atoms with Crippen molar-refractivity contribution in [3.8, 4) is 0 Å². The molecule has 0 radical (unpaired) electrons. The number of nitrogens with zero attached hydrogens (tertiary/aromatic N) is 1. The van der Waals surface area contributed by atoms with Gasteiger partial charge in [0.2, 0.25) is 0 Å². The molecule has 4 nitrogen and oxygen atoms in total. The van der Waals surface area contributed by atoms with Crippen LogP contribution in [0.1, 0.15) is 12.8 Å². The number of nitrogens with one attached hydrogen (secondary N) is 1. The summed E-state index contributed by atoms with van der Waals surface area (Å²) in [4.78, 5) is 1.60. The zero-order valence-corrected chi connectivity index (χ0v) is 9.31. The lowest BCUT2D eigenvalue weighted by molar-refractivity contribution is -0.138. The summed E-state index contributed by atoms with van der Waals surface area (Å²) >= 11 is 0. The van der Waals surface area contributed by atoms with E-state index in [2.05, 4.69) is 0 Å². The fourth-order valence-electron chi connectivity index (χ4n) is 1.12. The summed E-state index contributed by atoms with van der Waals surface area (Å²) in [6, 6.07) is 0. The quantitative estimate of drug-likeness (QED) is 0.496. The number of alkyl halides is 3. The lowest BCUT2D eigenvalue weighted by Crippen LogP contribution is -2.33. The summed E-state index contributed by atoms with van der Waals surface area (Å²) in [6.45, 7) is 1.06. The van der Waals surface area contributed by atoms with Gasteiger partial charge in [-0.2, -0.15) is 13.2 Å². The van der Waals surface area contributed by atoms with E-state index in [0.29, 0.717) is 19.7 Å². The Morgan fingerprint density at radius 3 is 2.38 bits per heavy atom. The van der Waals surface area contributed by atoms with Gasteiger partial charge >= 0.3 is 6.18 Å². The van der Waals surface area contributed by atoms with Crippen molar-refractivity contribution in [3.63, 3.8) is 0 Å². The second-order valence-corrected chi connectivity index (χ2v) is 3.47. The van der Waals surface area contributed by atoms with Gasteiger partial charge in [0.25, 0.3) is 0 Å². The molecule has 0 aliphatic carbocycles. The Balaban J connectivity index is 3.94. The highest BCUT2D eigenvalue weighted by molar-refractivity contribution is 5.76. The zero-order valence-electron chi connectivity index (χ0n) is 9.31. The molecule has 0 aromatic rings. The predicted molar refractivity (Wildman–Crippen MR) is 55.5 cm³/mol. The molecule has 0 aliphatic rings. The minimum Gasteiger partial charge on any atom is -0.388 e. The van der Waals surface area contributed by atoms with E-state index >= 15 is 0 Å². The SMILES string of the molecule is COCCN(CCC(=N)N)CCC(F)(F)F. The molecule has 96 valence electrons. The van der Waals surface area contributed by atoms with Crippen molar-refractivity contribution in [2.75, 3.05) is 33.4 Å². The van der Waals surface area contributed by atoms with Gasteiger partial charge in [-0.05, 0) is 0 Å². The molecule has 16 heavy (non-hydrogen) atoms. The number of rotatable bonds is 8. The number of halogens is 3. The van der Waals surface area contributed by atoms with E-state index in [4.69, 9.17) is 15.9 Å². The highest BCUT2D eigenvalue weighted by Crippen LogP contribution is 2.19. The van der Waals surface area contributed by atoms with E-state index in [-0.39, 0.29) is 18.8 Å². The minimum atomic E-state index is -4.15. The van der Waals surface area contributed by atoms with E-state index in [1.807, 2.05) is 0 Å². The fraction of sp³-hybridized carbons (Fsp3) is 0.889. The van der Waals surface area contributed by atoms with Crippen LogP contribution in [0, 0.1) is 5.41 Å². The maximum absolute atomic E-state index is 12.0. The first-order chi connectivity index (χ1) is 7.35. The molecule has 0 saturated carbocycles. The zero-order chi connectivity index (χ0) is 12.6. The average Bonchev–Trinajstić information content (AvgIpc) is 2.15. The molecule has 0 atom stereocenters. The van der Waals surface area contributed by atoms with Crippen LogP contribution in [-0.2, 0) is 4.74 Å². The van der Waals surface area contributed by atoms with Crippen LogP contribution >= 0.6 is 0 Å². The van der Waals surface area contributed by atoms with Crippen molar-refractivity contribution in [2.45, 2.75) is 19.0 Å². The first-order valence-corrected chi connectivity index (χ1v) is 4.96. The molecule has 0 aromatic heterocycles. The smallest absolute Gasteiger partial charge is 0.388 e. The molecule has 0 fully saturated rings. The number of ether oxygens (including phenoxy) is 1. The van der Waals surface area contributed by atoms with E-state index in [1.54, 1.807) is 4.90 Å². The third-order valence-corrected chi connectivity index (χ3v) is 2.02. The molecule has 0 bridgehead atoms. The molecule has 0 rings (SSSR count). The second-order valence-electron chi connectivity index (χ2n) is 3.47. The maximum Gasteiger partial charge on any atom is 0.390 e.